The number of ether oxygens (including phenoxy) is 2. The largest absolute Gasteiger partial charge is 0.444 e. The molecule has 1 amide bonds. The number of benzene rings is 1. The van der Waals surface area contributed by atoms with E-state index in [9.17, 15) is 4.79 Å². The summed E-state index contributed by atoms with van der Waals surface area (Å²) in [6, 6.07) is 8.17. The lowest BCUT2D eigenvalue weighted by Gasteiger charge is -2.44. The summed E-state index contributed by atoms with van der Waals surface area (Å²) in [5, 5.41) is 4.40. The number of nitrogens with one attached hydrogen (secondary N) is 1. The van der Waals surface area contributed by atoms with E-state index in [1.54, 1.807) is 4.90 Å². The number of likely N-dealkylation sites (tertiary alicyclic amines) is 1. The maximum atomic E-state index is 12.2. The normalized spacial score (nSPS) is 23.0. The van der Waals surface area contributed by atoms with Crippen molar-refractivity contribution >= 4 is 17.7 Å². The number of likely N-dealkylation sites (N-methyl/N-ethyl adjacent to an activating group) is 1. The molecule has 2 heterocycles. The number of halogens is 1. The average Bonchev–Trinajstić information content (AvgIpc) is 2.53. The van der Waals surface area contributed by atoms with Gasteiger partial charge in [0.2, 0.25) is 0 Å². The molecule has 2 aliphatic rings. The van der Waals surface area contributed by atoms with E-state index in [2.05, 4.69) is 17.3 Å². The second-order valence-electron chi connectivity index (χ2n) is 8.45. The molecule has 3 rings (SSSR count). The van der Waals surface area contributed by atoms with Crippen molar-refractivity contribution in [2.24, 2.45) is 0 Å². The number of morpholine rings is 1. The lowest BCUT2D eigenvalue weighted by molar-refractivity contribution is -0.0471. The summed E-state index contributed by atoms with van der Waals surface area (Å²) in [5.74, 6) is 0. The van der Waals surface area contributed by atoms with Crippen molar-refractivity contribution in [3.8, 4) is 0 Å². The van der Waals surface area contributed by atoms with Gasteiger partial charge in [-0.05, 0) is 45.5 Å². The molecular formula is C20H30ClN3O3. The van der Waals surface area contributed by atoms with Crippen LogP contribution in [0, 0.1) is 0 Å². The highest BCUT2D eigenvalue weighted by Crippen LogP contribution is 2.26. The molecule has 2 atom stereocenters. The molecule has 0 radical (unpaired) electrons. The molecule has 6 nitrogen and oxygen atoms in total. The van der Waals surface area contributed by atoms with Gasteiger partial charge in [-0.25, -0.2) is 4.79 Å². The summed E-state index contributed by atoms with van der Waals surface area (Å²) in [6.45, 7) is 9.46. The van der Waals surface area contributed by atoms with E-state index in [-0.39, 0.29) is 24.3 Å². The number of amides is 1. The minimum absolute atomic E-state index is 0.0517. The van der Waals surface area contributed by atoms with Crippen molar-refractivity contribution in [1.29, 1.82) is 0 Å². The highest BCUT2D eigenvalue weighted by Gasteiger charge is 2.37. The molecule has 0 aromatic heterocycles. The van der Waals surface area contributed by atoms with Gasteiger partial charge in [0.15, 0.2) is 0 Å². The molecule has 7 heteroatoms. The molecule has 1 aromatic rings. The van der Waals surface area contributed by atoms with Crippen LogP contribution in [0.3, 0.4) is 0 Å². The van der Waals surface area contributed by atoms with Crippen molar-refractivity contribution in [2.75, 3.05) is 39.8 Å². The van der Waals surface area contributed by atoms with Gasteiger partial charge in [0, 0.05) is 37.2 Å². The zero-order valence-corrected chi connectivity index (χ0v) is 17.3. The minimum Gasteiger partial charge on any atom is -0.444 e. The number of nitrogens with zero attached hydrogens (tertiary/aromatic N) is 2. The van der Waals surface area contributed by atoms with Crippen LogP contribution in [0.15, 0.2) is 24.3 Å². The van der Waals surface area contributed by atoms with Crippen molar-refractivity contribution in [3.63, 3.8) is 0 Å². The van der Waals surface area contributed by atoms with Gasteiger partial charge < -0.3 is 24.6 Å². The van der Waals surface area contributed by atoms with Crippen LogP contribution in [0.2, 0.25) is 5.02 Å². The van der Waals surface area contributed by atoms with Gasteiger partial charge in [-0.2, -0.15) is 0 Å². The van der Waals surface area contributed by atoms with E-state index in [1.165, 1.54) is 0 Å². The maximum Gasteiger partial charge on any atom is 0.410 e. The van der Waals surface area contributed by atoms with Crippen LogP contribution in [0.25, 0.3) is 0 Å². The summed E-state index contributed by atoms with van der Waals surface area (Å²) in [6.07, 6.45) is -0.197. The van der Waals surface area contributed by atoms with Crippen LogP contribution in [0.1, 0.15) is 32.4 Å². The van der Waals surface area contributed by atoms with Gasteiger partial charge in [-0.1, -0.05) is 23.7 Å². The van der Waals surface area contributed by atoms with Crippen LogP contribution in [-0.2, 0) is 9.47 Å². The number of carbonyl (C=O) groups excluding carboxylic acids is 1. The van der Waals surface area contributed by atoms with E-state index in [4.69, 9.17) is 21.1 Å². The number of hydrogen-bond acceptors (Lipinski definition) is 5. The number of hydrogen-bond donors (Lipinski definition) is 1. The molecule has 0 spiro atoms. The predicted molar refractivity (Wildman–Crippen MR) is 106 cm³/mol. The molecule has 150 valence electrons. The zero-order chi connectivity index (χ0) is 19.6. The van der Waals surface area contributed by atoms with Gasteiger partial charge in [0.25, 0.3) is 0 Å². The first-order valence-electron chi connectivity index (χ1n) is 9.51. The predicted octanol–water partition coefficient (Wildman–Crippen LogP) is 2.92. The minimum atomic E-state index is -0.470. The van der Waals surface area contributed by atoms with Crippen molar-refractivity contribution in [2.45, 2.75) is 44.6 Å². The first kappa shape index (κ1) is 20.4. The SMILES string of the molecule is CN1CCOC(C(NC2CN(C(=O)OC(C)(C)C)C2)c2ccc(Cl)cc2)C1. The Hall–Kier alpha value is -1.34. The molecule has 0 aliphatic carbocycles. The van der Waals surface area contributed by atoms with E-state index in [0.717, 1.165) is 30.3 Å². The van der Waals surface area contributed by atoms with Crippen molar-refractivity contribution in [3.05, 3.63) is 34.9 Å². The Kier molecular flexibility index (Phi) is 6.31. The number of carbonyl (C=O) groups is 1. The molecule has 2 aliphatic heterocycles. The van der Waals surface area contributed by atoms with Crippen LogP contribution in [0.5, 0.6) is 0 Å². The standard InChI is InChI=1S/C20H30ClN3O3/c1-20(2,3)27-19(25)24-11-16(12-24)22-18(14-5-7-15(21)8-6-14)17-13-23(4)9-10-26-17/h5-8,16-18,22H,9-13H2,1-4H3. The summed E-state index contributed by atoms with van der Waals surface area (Å²) in [7, 11) is 2.11. The van der Waals surface area contributed by atoms with Gasteiger partial charge in [0.05, 0.1) is 18.8 Å². The Morgan fingerprint density at radius 1 is 1.26 bits per heavy atom. The monoisotopic (exact) mass is 395 g/mol. The van der Waals surface area contributed by atoms with E-state index in [0.29, 0.717) is 13.1 Å². The third-order valence-corrected chi connectivity index (χ3v) is 5.10. The number of rotatable bonds is 4. The smallest absolute Gasteiger partial charge is 0.410 e. The Balaban J connectivity index is 1.63. The third-order valence-electron chi connectivity index (χ3n) is 4.85. The lowest BCUT2D eigenvalue weighted by atomic mass is 9.97. The molecule has 2 saturated heterocycles. The molecule has 2 fully saturated rings. The fourth-order valence-electron chi connectivity index (χ4n) is 3.41. The average molecular weight is 396 g/mol. The molecule has 2 unspecified atom stereocenters. The van der Waals surface area contributed by atoms with Crippen LogP contribution >= 0.6 is 11.6 Å². The summed E-state index contributed by atoms with van der Waals surface area (Å²) < 4.78 is 11.5. The Morgan fingerprint density at radius 3 is 2.52 bits per heavy atom. The second-order valence-corrected chi connectivity index (χ2v) is 8.89. The second kappa shape index (κ2) is 8.35. The van der Waals surface area contributed by atoms with Gasteiger partial charge in [-0.3, -0.25) is 0 Å². The summed E-state index contributed by atoms with van der Waals surface area (Å²) in [5.41, 5.74) is 0.678. The highest BCUT2D eigenvalue weighted by molar-refractivity contribution is 6.30. The zero-order valence-electron chi connectivity index (χ0n) is 16.6. The Morgan fingerprint density at radius 2 is 1.93 bits per heavy atom. The molecule has 0 saturated carbocycles. The third kappa shape index (κ3) is 5.57. The lowest BCUT2D eigenvalue weighted by Crippen LogP contribution is -2.62. The Bertz CT molecular complexity index is 641. The molecule has 1 aromatic carbocycles. The molecule has 1 N–H and O–H groups in total. The first-order valence-corrected chi connectivity index (χ1v) is 9.88. The Labute approximate surface area is 166 Å². The molecule has 0 bridgehead atoms. The molecular weight excluding hydrogens is 366 g/mol. The van der Waals surface area contributed by atoms with Crippen molar-refractivity contribution in [1.82, 2.24) is 15.1 Å². The van der Waals surface area contributed by atoms with Crippen LogP contribution in [0.4, 0.5) is 4.79 Å². The highest BCUT2D eigenvalue weighted by atomic mass is 35.5. The van der Waals surface area contributed by atoms with Gasteiger partial charge in [-0.15, -0.1) is 0 Å². The quantitative estimate of drug-likeness (QED) is 0.849. The maximum absolute atomic E-state index is 12.2. The van der Waals surface area contributed by atoms with Gasteiger partial charge in [0.1, 0.15) is 5.60 Å². The van der Waals surface area contributed by atoms with Crippen LogP contribution < -0.4 is 5.32 Å². The van der Waals surface area contributed by atoms with E-state index < -0.39 is 5.60 Å². The van der Waals surface area contributed by atoms with Crippen LogP contribution in [-0.4, -0.2) is 73.5 Å². The fraction of sp³-hybridized carbons (Fsp3) is 0.650. The first-order chi connectivity index (χ1) is 12.7. The van der Waals surface area contributed by atoms with Gasteiger partial charge >= 0.3 is 6.09 Å². The summed E-state index contributed by atoms with van der Waals surface area (Å²) >= 11 is 6.06. The molecule has 27 heavy (non-hydrogen) atoms. The van der Waals surface area contributed by atoms with E-state index in [1.807, 2.05) is 45.0 Å². The fourth-order valence-corrected chi connectivity index (χ4v) is 3.54. The van der Waals surface area contributed by atoms with Crippen molar-refractivity contribution < 1.29 is 14.3 Å². The summed E-state index contributed by atoms with van der Waals surface area (Å²) in [4.78, 5) is 16.2. The van der Waals surface area contributed by atoms with E-state index >= 15 is 0 Å². The topological polar surface area (TPSA) is 54.0 Å².